The van der Waals surface area contributed by atoms with Gasteiger partial charge >= 0.3 is 0 Å². The molecule has 0 saturated heterocycles. The fourth-order valence-corrected chi connectivity index (χ4v) is 3.53. The zero-order valence-electron chi connectivity index (χ0n) is 18.9. The normalized spacial score (nSPS) is 10.6. The molecule has 3 aromatic carbocycles. The predicted molar refractivity (Wildman–Crippen MR) is 131 cm³/mol. The van der Waals surface area contributed by atoms with Gasteiger partial charge in [-0.15, -0.1) is 0 Å². The zero-order valence-corrected chi connectivity index (χ0v) is 18.9. The molecule has 0 bridgehead atoms. The Morgan fingerprint density at radius 2 is 1.64 bits per heavy atom. The number of hydrogen-bond donors (Lipinski definition) is 2. The summed E-state index contributed by atoms with van der Waals surface area (Å²) in [5.74, 6) is -0.464. The van der Waals surface area contributed by atoms with Gasteiger partial charge in [0.1, 0.15) is 5.69 Å². The highest BCUT2D eigenvalue weighted by Crippen LogP contribution is 2.26. The summed E-state index contributed by atoms with van der Waals surface area (Å²) in [6.45, 7) is 6.32. The summed E-state index contributed by atoms with van der Waals surface area (Å²) >= 11 is 0. The second kappa shape index (κ2) is 9.53. The molecule has 0 aliphatic rings. The van der Waals surface area contributed by atoms with E-state index in [4.69, 9.17) is 5.10 Å². The number of aromatic nitrogens is 2. The van der Waals surface area contributed by atoms with E-state index < -0.39 is 0 Å². The van der Waals surface area contributed by atoms with Crippen molar-refractivity contribution in [1.29, 1.82) is 0 Å². The minimum absolute atomic E-state index is 0.176. The Balaban J connectivity index is 1.72. The summed E-state index contributed by atoms with van der Waals surface area (Å²) in [7, 11) is 0. The molecule has 1 heterocycles. The first-order chi connectivity index (χ1) is 16.0. The Hall–Kier alpha value is -4.19. The summed E-state index contributed by atoms with van der Waals surface area (Å²) in [6, 6.07) is 22.9. The maximum absolute atomic E-state index is 13.4. The van der Waals surface area contributed by atoms with Crippen molar-refractivity contribution in [2.75, 3.05) is 11.9 Å². The smallest absolute Gasteiger partial charge is 0.259 e. The van der Waals surface area contributed by atoms with Crippen LogP contribution in [0.1, 0.15) is 38.8 Å². The molecule has 6 heteroatoms. The average Bonchev–Trinajstić information content (AvgIpc) is 3.27. The quantitative estimate of drug-likeness (QED) is 0.437. The van der Waals surface area contributed by atoms with E-state index in [0.29, 0.717) is 29.1 Å². The monoisotopic (exact) mass is 438 g/mol. The number of amides is 2. The van der Waals surface area contributed by atoms with Crippen LogP contribution in [0.4, 0.5) is 5.69 Å². The van der Waals surface area contributed by atoms with Gasteiger partial charge in [0.05, 0.1) is 11.3 Å². The van der Waals surface area contributed by atoms with Gasteiger partial charge in [-0.25, -0.2) is 4.68 Å². The molecule has 6 nitrogen and oxygen atoms in total. The average molecular weight is 439 g/mol. The van der Waals surface area contributed by atoms with E-state index in [0.717, 1.165) is 22.4 Å². The third-order valence-electron chi connectivity index (χ3n) is 5.39. The van der Waals surface area contributed by atoms with Crippen LogP contribution in [0.3, 0.4) is 0 Å². The second-order valence-corrected chi connectivity index (χ2v) is 7.88. The second-order valence-electron chi connectivity index (χ2n) is 7.88. The predicted octanol–water partition coefficient (Wildman–Crippen LogP) is 5.16. The Kier molecular flexibility index (Phi) is 6.36. The van der Waals surface area contributed by atoms with Crippen molar-refractivity contribution in [3.8, 4) is 16.9 Å². The van der Waals surface area contributed by atoms with Crippen LogP contribution in [-0.2, 0) is 0 Å². The van der Waals surface area contributed by atoms with E-state index >= 15 is 0 Å². The molecule has 0 aliphatic heterocycles. The maximum Gasteiger partial charge on any atom is 0.259 e. The van der Waals surface area contributed by atoms with Crippen LogP contribution < -0.4 is 10.6 Å². The van der Waals surface area contributed by atoms with Crippen LogP contribution in [0.25, 0.3) is 16.9 Å². The lowest BCUT2D eigenvalue weighted by atomic mass is 10.1. The Morgan fingerprint density at radius 1 is 0.909 bits per heavy atom. The lowest BCUT2D eigenvalue weighted by Crippen LogP contribution is -2.23. The van der Waals surface area contributed by atoms with Crippen molar-refractivity contribution in [3.63, 3.8) is 0 Å². The number of benzene rings is 3. The summed E-state index contributed by atoms with van der Waals surface area (Å²) < 4.78 is 1.72. The summed E-state index contributed by atoms with van der Waals surface area (Å²) in [4.78, 5) is 25.7. The largest absolute Gasteiger partial charge is 0.352 e. The van der Waals surface area contributed by atoms with Crippen LogP contribution in [0.5, 0.6) is 0 Å². The van der Waals surface area contributed by atoms with Gasteiger partial charge in [0.15, 0.2) is 0 Å². The lowest BCUT2D eigenvalue weighted by molar-refractivity contribution is 0.0954. The summed E-state index contributed by atoms with van der Waals surface area (Å²) in [5, 5.41) is 10.5. The van der Waals surface area contributed by atoms with Crippen molar-refractivity contribution >= 4 is 17.5 Å². The van der Waals surface area contributed by atoms with Gasteiger partial charge in [-0.3, -0.25) is 9.59 Å². The molecule has 0 spiro atoms. The molecule has 4 rings (SSSR count). The number of hydrogen-bond acceptors (Lipinski definition) is 3. The van der Waals surface area contributed by atoms with E-state index in [1.807, 2.05) is 81.4 Å². The highest BCUT2D eigenvalue weighted by molar-refractivity contribution is 6.09. The minimum atomic E-state index is -0.289. The van der Waals surface area contributed by atoms with Crippen molar-refractivity contribution in [3.05, 3.63) is 101 Å². The van der Waals surface area contributed by atoms with Gasteiger partial charge in [-0.2, -0.15) is 5.10 Å². The number of aryl methyl sites for hydroxylation is 2. The first-order valence-electron chi connectivity index (χ1n) is 10.9. The number of carbonyl (C=O) groups excluding carboxylic acids is 2. The van der Waals surface area contributed by atoms with E-state index in [1.165, 1.54) is 0 Å². The van der Waals surface area contributed by atoms with Gasteiger partial charge in [0.2, 0.25) is 0 Å². The van der Waals surface area contributed by atoms with Crippen molar-refractivity contribution in [2.45, 2.75) is 20.8 Å². The molecule has 0 aliphatic carbocycles. The van der Waals surface area contributed by atoms with Gasteiger partial charge in [-0.05, 0) is 50.6 Å². The molecule has 0 unspecified atom stereocenters. The third kappa shape index (κ3) is 4.85. The van der Waals surface area contributed by atoms with Crippen molar-refractivity contribution in [1.82, 2.24) is 15.1 Å². The van der Waals surface area contributed by atoms with Crippen LogP contribution in [0, 0.1) is 13.8 Å². The standard InChI is InChI=1S/C27H26N4O2/c1-4-28-26(32)21-13-12-19(3)24(16-21)29-27(33)23-17-31(22-14-10-18(2)11-15-22)30-25(23)20-8-6-5-7-9-20/h5-17H,4H2,1-3H3,(H,28,32)(H,29,33). The van der Waals surface area contributed by atoms with Gasteiger partial charge in [0.25, 0.3) is 11.8 Å². The molecule has 0 radical (unpaired) electrons. The molecular weight excluding hydrogens is 412 g/mol. The molecule has 4 aromatic rings. The maximum atomic E-state index is 13.4. The molecule has 166 valence electrons. The third-order valence-corrected chi connectivity index (χ3v) is 5.39. The fourth-order valence-electron chi connectivity index (χ4n) is 3.53. The first kappa shape index (κ1) is 22.0. The first-order valence-corrected chi connectivity index (χ1v) is 10.9. The fraction of sp³-hybridized carbons (Fsp3) is 0.148. The topological polar surface area (TPSA) is 76.0 Å². The summed E-state index contributed by atoms with van der Waals surface area (Å²) in [6.07, 6.45) is 1.74. The number of anilines is 1. The highest BCUT2D eigenvalue weighted by Gasteiger charge is 2.20. The van der Waals surface area contributed by atoms with Crippen LogP contribution in [-0.4, -0.2) is 28.1 Å². The zero-order chi connectivity index (χ0) is 23.4. The Bertz CT molecular complexity index is 1290. The number of nitrogens with zero attached hydrogens (tertiary/aromatic N) is 2. The number of rotatable bonds is 6. The van der Waals surface area contributed by atoms with Gasteiger partial charge < -0.3 is 10.6 Å². The van der Waals surface area contributed by atoms with Crippen LogP contribution in [0.2, 0.25) is 0 Å². The van der Waals surface area contributed by atoms with Gasteiger partial charge in [0, 0.05) is 29.6 Å². The van der Waals surface area contributed by atoms with Gasteiger partial charge in [-0.1, -0.05) is 54.1 Å². The minimum Gasteiger partial charge on any atom is -0.352 e. The molecule has 1 aromatic heterocycles. The van der Waals surface area contributed by atoms with E-state index in [-0.39, 0.29) is 11.8 Å². The number of carbonyl (C=O) groups is 2. The molecule has 33 heavy (non-hydrogen) atoms. The molecule has 0 saturated carbocycles. The van der Waals surface area contributed by atoms with Crippen LogP contribution >= 0.6 is 0 Å². The van der Waals surface area contributed by atoms with Crippen molar-refractivity contribution in [2.24, 2.45) is 0 Å². The Morgan fingerprint density at radius 3 is 2.33 bits per heavy atom. The molecule has 0 fully saturated rings. The lowest BCUT2D eigenvalue weighted by Gasteiger charge is -2.11. The molecular formula is C27H26N4O2. The molecule has 2 N–H and O–H groups in total. The highest BCUT2D eigenvalue weighted by atomic mass is 16.2. The van der Waals surface area contributed by atoms with Crippen molar-refractivity contribution < 1.29 is 9.59 Å². The SMILES string of the molecule is CCNC(=O)c1ccc(C)c(NC(=O)c2cn(-c3ccc(C)cc3)nc2-c2ccccc2)c1. The Labute approximate surface area is 193 Å². The summed E-state index contributed by atoms with van der Waals surface area (Å²) in [5.41, 5.74) is 5.85. The van der Waals surface area contributed by atoms with E-state index in [9.17, 15) is 9.59 Å². The van der Waals surface area contributed by atoms with E-state index in [2.05, 4.69) is 10.6 Å². The molecule has 0 atom stereocenters. The van der Waals surface area contributed by atoms with E-state index in [1.54, 1.807) is 23.0 Å². The molecule has 2 amide bonds. The van der Waals surface area contributed by atoms with Crippen LogP contribution in [0.15, 0.2) is 79.0 Å². The number of nitrogens with one attached hydrogen (secondary N) is 2.